The number of nitrogen functional groups attached to an aromatic ring is 1. The van der Waals surface area contributed by atoms with Gasteiger partial charge in [0.2, 0.25) is 4.96 Å². The van der Waals surface area contributed by atoms with Gasteiger partial charge in [-0.1, -0.05) is 29.0 Å². The van der Waals surface area contributed by atoms with E-state index in [2.05, 4.69) is 10.1 Å². The molecule has 0 aliphatic carbocycles. The van der Waals surface area contributed by atoms with E-state index in [-0.39, 0.29) is 5.56 Å². The fourth-order valence-corrected chi connectivity index (χ4v) is 4.09. The number of anilines is 1. The first-order chi connectivity index (χ1) is 10.0. The van der Waals surface area contributed by atoms with Gasteiger partial charge < -0.3 is 5.73 Å². The summed E-state index contributed by atoms with van der Waals surface area (Å²) in [5, 5.41) is 5.70. The van der Waals surface area contributed by atoms with Gasteiger partial charge in [0.25, 0.3) is 5.56 Å². The van der Waals surface area contributed by atoms with Crippen molar-refractivity contribution in [3.05, 3.63) is 50.3 Å². The van der Waals surface area contributed by atoms with Crippen molar-refractivity contribution < 1.29 is 0 Å². The van der Waals surface area contributed by atoms with Crippen LogP contribution in [-0.2, 0) is 5.75 Å². The van der Waals surface area contributed by atoms with E-state index in [4.69, 9.17) is 17.3 Å². The lowest BCUT2D eigenvalue weighted by Crippen LogP contribution is -2.14. The molecule has 0 aliphatic heterocycles. The molecule has 0 bridgehead atoms. The maximum absolute atomic E-state index is 11.8. The number of hydrogen-bond donors (Lipinski definition) is 1. The van der Waals surface area contributed by atoms with Gasteiger partial charge in [-0.15, -0.1) is 11.8 Å². The molecule has 108 valence electrons. The number of nitrogens with zero attached hydrogens (tertiary/aromatic N) is 3. The van der Waals surface area contributed by atoms with Gasteiger partial charge in [0, 0.05) is 22.3 Å². The summed E-state index contributed by atoms with van der Waals surface area (Å²) in [5.41, 5.74) is 7.08. The van der Waals surface area contributed by atoms with Gasteiger partial charge in [0.15, 0.2) is 0 Å². The number of aryl methyl sites for hydroxylation is 1. The Hall–Kier alpha value is -1.57. The number of halogens is 1. The van der Waals surface area contributed by atoms with Crippen LogP contribution in [0, 0.1) is 6.92 Å². The van der Waals surface area contributed by atoms with Crippen molar-refractivity contribution in [1.82, 2.24) is 14.6 Å². The summed E-state index contributed by atoms with van der Waals surface area (Å²) in [6.07, 6.45) is 0. The fraction of sp³-hybridized carbons (Fsp3) is 0.154. The summed E-state index contributed by atoms with van der Waals surface area (Å²) in [6, 6.07) is 6.89. The van der Waals surface area contributed by atoms with Crippen molar-refractivity contribution in [3.8, 4) is 0 Å². The minimum atomic E-state index is -0.165. The Morgan fingerprint density at radius 1 is 1.48 bits per heavy atom. The van der Waals surface area contributed by atoms with E-state index in [1.807, 2.05) is 12.1 Å². The van der Waals surface area contributed by atoms with Crippen LogP contribution in [0.4, 0.5) is 5.69 Å². The third-order valence-corrected chi connectivity index (χ3v) is 5.43. The highest BCUT2D eigenvalue weighted by molar-refractivity contribution is 7.99. The maximum atomic E-state index is 11.8. The number of hydrogen-bond acceptors (Lipinski definition) is 6. The molecule has 0 saturated carbocycles. The molecule has 0 aliphatic rings. The average molecular weight is 339 g/mol. The van der Waals surface area contributed by atoms with Crippen LogP contribution in [0.1, 0.15) is 10.7 Å². The molecule has 21 heavy (non-hydrogen) atoms. The Bertz CT molecular complexity index is 854. The van der Waals surface area contributed by atoms with Crippen molar-refractivity contribution in [2.75, 3.05) is 5.73 Å². The molecule has 2 heterocycles. The Labute approximate surface area is 133 Å². The predicted octanol–water partition coefficient (Wildman–Crippen LogP) is 2.99. The van der Waals surface area contributed by atoms with E-state index in [1.54, 1.807) is 13.0 Å². The van der Waals surface area contributed by atoms with Gasteiger partial charge in [0.1, 0.15) is 5.01 Å². The van der Waals surface area contributed by atoms with E-state index >= 15 is 0 Å². The van der Waals surface area contributed by atoms with Crippen LogP contribution in [0.5, 0.6) is 0 Å². The fourth-order valence-electron chi connectivity index (χ4n) is 1.83. The number of aromatic nitrogens is 3. The SMILES string of the molecule is Cc1cc(=O)n2nc(CSc3c(N)cccc3Cl)sc2n1. The molecule has 0 atom stereocenters. The summed E-state index contributed by atoms with van der Waals surface area (Å²) in [5.74, 6) is 0.584. The third-order valence-electron chi connectivity index (χ3n) is 2.75. The Balaban J connectivity index is 1.89. The Morgan fingerprint density at radius 3 is 3.05 bits per heavy atom. The first-order valence-corrected chi connectivity index (χ1v) is 8.26. The van der Waals surface area contributed by atoms with E-state index in [9.17, 15) is 4.79 Å². The summed E-state index contributed by atoms with van der Waals surface area (Å²) in [7, 11) is 0. The monoisotopic (exact) mass is 338 g/mol. The largest absolute Gasteiger partial charge is 0.398 e. The molecule has 0 unspecified atom stereocenters. The highest BCUT2D eigenvalue weighted by atomic mass is 35.5. The Kier molecular flexibility index (Phi) is 3.88. The van der Waals surface area contributed by atoms with Gasteiger partial charge in [-0.25, -0.2) is 4.98 Å². The summed E-state index contributed by atoms with van der Waals surface area (Å²) in [4.78, 5) is 17.5. The predicted molar refractivity (Wildman–Crippen MR) is 87.3 cm³/mol. The molecule has 5 nitrogen and oxygen atoms in total. The minimum absolute atomic E-state index is 0.165. The van der Waals surface area contributed by atoms with Crippen LogP contribution in [-0.4, -0.2) is 14.6 Å². The van der Waals surface area contributed by atoms with E-state index in [1.165, 1.54) is 33.7 Å². The van der Waals surface area contributed by atoms with Crippen LogP contribution in [0.25, 0.3) is 4.96 Å². The molecule has 1 aromatic carbocycles. The molecule has 2 N–H and O–H groups in total. The smallest absolute Gasteiger partial charge is 0.275 e. The molecular formula is C13H11ClN4OS2. The molecule has 2 aromatic heterocycles. The van der Waals surface area contributed by atoms with Crippen molar-refractivity contribution >= 4 is 45.3 Å². The number of benzene rings is 1. The highest BCUT2D eigenvalue weighted by Gasteiger charge is 2.10. The quantitative estimate of drug-likeness (QED) is 0.587. The third kappa shape index (κ3) is 2.90. The first-order valence-electron chi connectivity index (χ1n) is 6.08. The zero-order chi connectivity index (χ0) is 15.0. The van der Waals surface area contributed by atoms with Crippen LogP contribution in [0.2, 0.25) is 5.02 Å². The topological polar surface area (TPSA) is 73.3 Å². The van der Waals surface area contributed by atoms with Gasteiger partial charge in [0.05, 0.1) is 10.8 Å². The van der Waals surface area contributed by atoms with Gasteiger partial charge in [-0.05, 0) is 19.1 Å². The van der Waals surface area contributed by atoms with Crippen LogP contribution < -0.4 is 11.3 Å². The standard InChI is InChI=1S/C13H11ClN4OS2/c1-7-5-11(19)18-13(16-7)21-10(17-18)6-20-12-8(14)3-2-4-9(12)15/h2-5H,6,15H2,1H3. The van der Waals surface area contributed by atoms with Crippen molar-refractivity contribution in [1.29, 1.82) is 0 Å². The molecule has 0 spiro atoms. The van der Waals surface area contributed by atoms with Gasteiger partial charge in [-0.3, -0.25) is 4.79 Å². The van der Waals surface area contributed by atoms with Crippen LogP contribution >= 0.6 is 34.7 Å². The number of fused-ring (bicyclic) bond motifs is 1. The number of thioether (sulfide) groups is 1. The molecule has 0 amide bonds. The van der Waals surface area contributed by atoms with Gasteiger partial charge in [-0.2, -0.15) is 9.61 Å². The minimum Gasteiger partial charge on any atom is -0.398 e. The van der Waals surface area contributed by atoms with Crippen LogP contribution in [0.3, 0.4) is 0 Å². The number of rotatable bonds is 3. The summed E-state index contributed by atoms with van der Waals surface area (Å²) in [6.45, 7) is 1.79. The first kappa shape index (κ1) is 14.4. The summed E-state index contributed by atoms with van der Waals surface area (Å²) < 4.78 is 1.32. The van der Waals surface area contributed by atoms with E-state index in [0.717, 1.165) is 9.90 Å². The average Bonchev–Trinajstić information content (AvgIpc) is 2.81. The lowest BCUT2D eigenvalue weighted by atomic mass is 10.3. The van der Waals surface area contributed by atoms with E-state index in [0.29, 0.717) is 27.1 Å². The molecule has 3 aromatic rings. The zero-order valence-electron chi connectivity index (χ0n) is 11.0. The second-order valence-electron chi connectivity index (χ2n) is 4.37. The van der Waals surface area contributed by atoms with Crippen LogP contribution in [0.15, 0.2) is 34.0 Å². The normalized spacial score (nSPS) is 11.1. The molecule has 0 fully saturated rings. The maximum Gasteiger partial charge on any atom is 0.275 e. The van der Waals surface area contributed by atoms with Crippen molar-refractivity contribution in [3.63, 3.8) is 0 Å². The number of nitrogens with two attached hydrogens (primary N) is 1. The molecule has 8 heteroatoms. The summed E-state index contributed by atoms with van der Waals surface area (Å²) >= 11 is 9.03. The lowest BCUT2D eigenvalue weighted by molar-refractivity contribution is 0.870. The van der Waals surface area contributed by atoms with Crippen molar-refractivity contribution in [2.45, 2.75) is 17.6 Å². The van der Waals surface area contributed by atoms with E-state index < -0.39 is 0 Å². The zero-order valence-corrected chi connectivity index (χ0v) is 13.4. The van der Waals surface area contributed by atoms with Crippen molar-refractivity contribution in [2.24, 2.45) is 0 Å². The van der Waals surface area contributed by atoms with Gasteiger partial charge >= 0.3 is 0 Å². The second-order valence-corrected chi connectivity index (χ2v) is 6.81. The molecule has 0 saturated heterocycles. The highest BCUT2D eigenvalue weighted by Crippen LogP contribution is 2.34. The molecule has 3 rings (SSSR count). The molecular weight excluding hydrogens is 328 g/mol. The second kappa shape index (κ2) is 5.67. The lowest BCUT2D eigenvalue weighted by Gasteiger charge is -2.05. The Morgan fingerprint density at radius 2 is 2.29 bits per heavy atom. The molecule has 0 radical (unpaired) electrons.